The van der Waals surface area contributed by atoms with E-state index in [2.05, 4.69) is 5.32 Å². The van der Waals surface area contributed by atoms with Gasteiger partial charge in [0.05, 0.1) is 11.1 Å². The van der Waals surface area contributed by atoms with Gasteiger partial charge in [-0.25, -0.2) is 0 Å². The highest BCUT2D eigenvalue weighted by molar-refractivity contribution is 5.89. The Morgan fingerprint density at radius 3 is 2.29 bits per heavy atom. The Morgan fingerprint density at radius 2 is 1.86 bits per heavy atom. The molecular formula is C14H18ClF3N2O. The van der Waals surface area contributed by atoms with Crippen molar-refractivity contribution in [2.45, 2.75) is 43.9 Å². The van der Waals surface area contributed by atoms with Gasteiger partial charge < -0.3 is 11.1 Å². The van der Waals surface area contributed by atoms with E-state index in [0.29, 0.717) is 19.3 Å². The van der Waals surface area contributed by atoms with Crippen LogP contribution < -0.4 is 11.1 Å². The number of hydrogen-bond acceptors (Lipinski definition) is 2. The van der Waals surface area contributed by atoms with Crippen LogP contribution in [0.1, 0.15) is 30.9 Å². The van der Waals surface area contributed by atoms with E-state index < -0.39 is 17.3 Å². The molecule has 1 aliphatic carbocycles. The number of carbonyl (C=O) groups excluding carboxylic acids is 1. The number of nitrogens with two attached hydrogens (primary N) is 1. The first kappa shape index (κ1) is 17.8. The van der Waals surface area contributed by atoms with Crippen LogP contribution in [-0.4, -0.2) is 17.5 Å². The van der Waals surface area contributed by atoms with Crippen molar-refractivity contribution in [3.8, 4) is 0 Å². The second-order valence-corrected chi connectivity index (χ2v) is 5.43. The number of nitrogens with one attached hydrogen (secondary N) is 1. The smallest absolute Gasteiger partial charge is 0.352 e. The first-order valence-electron chi connectivity index (χ1n) is 6.47. The fraction of sp³-hybridized carbons (Fsp3) is 0.500. The SMILES string of the molecule is CC(Cc1ccc(C(F)(F)F)cc1)NC(=O)C1(N)CC1.Cl. The molecule has 0 aliphatic heterocycles. The highest BCUT2D eigenvalue weighted by Crippen LogP contribution is 2.32. The van der Waals surface area contributed by atoms with Crippen LogP contribution in [0.3, 0.4) is 0 Å². The van der Waals surface area contributed by atoms with Crippen LogP contribution in [0.4, 0.5) is 13.2 Å². The molecule has 0 aromatic heterocycles. The van der Waals surface area contributed by atoms with Crippen LogP contribution in [0, 0.1) is 0 Å². The van der Waals surface area contributed by atoms with Gasteiger partial charge in [0.1, 0.15) is 0 Å². The molecule has 0 saturated heterocycles. The maximum Gasteiger partial charge on any atom is 0.416 e. The lowest BCUT2D eigenvalue weighted by molar-refractivity contribution is -0.137. The van der Waals surface area contributed by atoms with Crippen LogP contribution >= 0.6 is 12.4 Å². The normalized spacial score (nSPS) is 17.6. The zero-order chi connectivity index (χ0) is 15.0. The molecule has 118 valence electrons. The molecule has 21 heavy (non-hydrogen) atoms. The molecule has 1 aromatic carbocycles. The second-order valence-electron chi connectivity index (χ2n) is 5.43. The summed E-state index contributed by atoms with van der Waals surface area (Å²) in [5.41, 5.74) is 5.11. The summed E-state index contributed by atoms with van der Waals surface area (Å²) < 4.78 is 37.3. The molecule has 2 rings (SSSR count). The number of halogens is 4. The van der Waals surface area contributed by atoms with Gasteiger partial charge in [0.2, 0.25) is 5.91 Å². The first-order valence-corrected chi connectivity index (χ1v) is 6.47. The van der Waals surface area contributed by atoms with Crippen molar-refractivity contribution in [1.29, 1.82) is 0 Å². The fourth-order valence-corrected chi connectivity index (χ4v) is 1.96. The minimum absolute atomic E-state index is 0. The highest BCUT2D eigenvalue weighted by atomic mass is 35.5. The largest absolute Gasteiger partial charge is 0.416 e. The number of alkyl halides is 3. The topological polar surface area (TPSA) is 55.1 Å². The molecule has 3 nitrogen and oxygen atoms in total. The number of rotatable bonds is 4. The lowest BCUT2D eigenvalue weighted by Crippen LogP contribution is -2.46. The van der Waals surface area contributed by atoms with Gasteiger partial charge in [-0.15, -0.1) is 12.4 Å². The number of amides is 1. The molecule has 1 unspecified atom stereocenters. The average molecular weight is 323 g/mol. The van der Waals surface area contributed by atoms with Crippen molar-refractivity contribution in [3.05, 3.63) is 35.4 Å². The Hall–Kier alpha value is -1.27. The molecule has 1 aromatic rings. The minimum atomic E-state index is -4.32. The van der Waals surface area contributed by atoms with Gasteiger partial charge in [-0.1, -0.05) is 12.1 Å². The Morgan fingerprint density at radius 1 is 1.33 bits per heavy atom. The third-order valence-electron chi connectivity index (χ3n) is 3.44. The number of hydrogen-bond donors (Lipinski definition) is 2. The molecule has 3 N–H and O–H groups in total. The van der Waals surface area contributed by atoms with Gasteiger partial charge in [0.25, 0.3) is 0 Å². The average Bonchev–Trinajstić information content (AvgIpc) is 3.08. The summed E-state index contributed by atoms with van der Waals surface area (Å²) in [5.74, 6) is -0.183. The molecule has 7 heteroatoms. The van der Waals surface area contributed by atoms with Crippen molar-refractivity contribution in [3.63, 3.8) is 0 Å². The molecule has 1 fully saturated rings. The summed E-state index contributed by atoms with van der Waals surface area (Å²) in [6, 6.07) is 4.80. The molecule has 1 saturated carbocycles. The van der Waals surface area contributed by atoms with E-state index >= 15 is 0 Å². The van der Waals surface area contributed by atoms with Gasteiger partial charge in [0.15, 0.2) is 0 Å². The van der Waals surface area contributed by atoms with Crippen molar-refractivity contribution < 1.29 is 18.0 Å². The van der Waals surface area contributed by atoms with E-state index in [0.717, 1.165) is 17.7 Å². The van der Waals surface area contributed by atoms with Gasteiger partial charge in [-0.05, 0) is 43.9 Å². The van der Waals surface area contributed by atoms with Crippen LogP contribution in [0.25, 0.3) is 0 Å². The monoisotopic (exact) mass is 322 g/mol. The Bertz CT molecular complexity index is 498. The molecule has 1 atom stereocenters. The molecule has 0 radical (unpaired) electrons. The zero-order valence-electron chi connectivity index (χ0n) is 11.5. The summed E-state index contributed by atoms with van der Waals surface area (Å²) in [6.07, 6.45) is -2.48. The minimum Gasteiger partial charge on any atom is -0.352 e. The molecule has 1 amide bonds. The summed E-state index contributed by atoms with van der Waals surface area (Å²) in [4.78, 5) is 11.7. The van der Waals surface area contributed by atoms with Crippen LogP contribution in [0.5, 0.6) is 0 Å². The number of benzene rings is 1. The summed E-state index contributed by atoms with van der Waals surface area (Å²) in [5, 5.41) is 2.79. The summed E-state index contributed by atoms with van der Waals surface area (Å²) >= 11 is 0. The molecular weight excluding hydrogens is 305 g/mol. The summed E-state index contributed by atoms with van der Waals surface area (Å²) in [7, 11) is 0. The van der Waals surface area contributed by atoms with E-state index in [-0.39, 0.29) is 24.4 Å². The van der Waals surface area contributed by atoms with E-state index in [1.165, 1.54) is 12.1 Å². The van der Waals surface area contributed by atoms with E-state index in [9.17, 15) is 18.0 Å². The van der Waals surface area contributed by atoms with E-state index in [4.69, 9.17) is 5.73 Å². The third kappa shape index (κ3) is 4.61. The van der Waals surface area contributed by atoms with Crippen molar-refractivity contribution in [2.75, 3.05) is 0 Å². The van der Waals surface area contributed by atoms with Gasteiger partial charge in [0, 0.05) is 6.04 Å². The van der Waals surface area contributed by atoms with Crippen LogP contribution in [0.15, 0.2) is 24.3 Å². The standard InChI is InChI=1S/C14H17F3N2O.ClH/c1-9(19-12(20)13(18)6-7-13)8-10-2-4-11(5-3-10)14(15,16)17;/h2-5,9H,6-8,18H2,1H3,(H,19,20);1H. The lowest BCUT2D eigenvalue weighted by atomic mass is 10.0. The van der Waals surface area contributed by atoms with Crippen LogP contribution in [0.2, 0.25) is 0 Å². The Balaban J connectivity index is 0.00000220. The molecule has 0 spiro atoms. The molecule has 0 heterocycles. The first-order chi connectivity index (χ1) is 9.21. The maximum absolute atomic E-state index is 12.4. The number of carbonyl (C=O) groups is 1. The fourth-order valence-electron chi connectivity index (χ4n) is 1.96. The van der Waals surface area contributed by atoms with Crippen LogP contribution in [-0.2, 0) is 17.4 Å². The van der Waals surface area contributed by atoms with E-state index in [1.54, 1.807) is 6.92 Å². The Labute approximate surface area is 127 Å². The highest BCUT2D eigenvalue weighted by Gasteiger charge is 2.46. The van der Waals surface area contributed by atoms with Crippen molar-refractivity contribution in [2.24, 2.45) is 5.73 Å². The van der Waals surface area contributed by atoms with Gasteiger partial charge in [-0.2, -0.15) is 13.2 Å². The van der Waals surface area contributed by atoms with Crippen molar-refractivity contribution in [1.82, 2.24) is 5.32 Å². The second kappa shape index (κ2) is 6.23. The molecule has 1 aliphatic rings. The summed E-state index contributed by atoms with van der Waals surface area (Å²) in [6.45, 7) is 1.81. The van der Waals surface area contributed by atoms with Crippen molar-refractivity contribution >= 4 is 18.3 Å². The van der Waals surface area contributed by atoms with E-state index in [1.807, 2.05) is 0 Å². The molecule has 0 bridgehead atoms. The lowest BCUT2D eigenvalue weighted by Gasteiger charge is -2.17. The zero-order valence-corrected chi connectivity index (χ0v) is 12.4. The predicted octanol–water partition coefficient (Wildman–Crippen LogP) is 2.67. The quantitative estimate of drug-likeness (QED) is 0.895. The van der Waals surface area contributed by atoms with Gasteiger partial charge >= 0.3 is 6.18 Å². The third-order valence-corrected chi connectivity index (χ3v) is 3.44. The Kier molecular flexibility index (Phi) is 5.28. The van der Waals surface area contributed by atoms with Gasteiger partial charge in [-0.3, -0.25) is 4.79 Å². The maximum atomic E-state index is 12.4. The predicted molar refractivity (Wildman–Crippen MR) is 76.2 cm³/mol.